The Kier molecular flexibility index (Phi) is 7.12. The number of carbonyl (C=O) groups is 1. The van der Waals surface area contributed by atoms with E-state index in [0.717, 1.165) is 18.2 Å². The Morgan fingerprint density at radius 2 is 1.68 bits per heavy atom. The molecule has 1 N–H and O–H groups in total. The number of carbonyl (C=O) groups excluding carboxylic acids is 1. The van der Waals surface area contributed by atoms with Gasteiger partial charge in [0.15, 0.2) is 11.4 Å². The van der Waals surface area contributed by atoms with Crippen LogP contribution >= 0.6 is 0 Å². The van der Waals surface area contributed by atoms with Crippen LogP contribution in [-0.4, -0.2) is 27.3 Å². The predicted octanol–water partition coefficient (Wildman–Crippen LogP) is 6.58. The molecular formula is C25H18F6N4O2. The second-order valence-corrected chi connectivity index (χ2v) is 8.02. The number of alkyl halides is 6. The van der Waals surface area contributed by atoms with Crippen molar-refractivity contribution in [2.45, 2.75) is 25.9 Å². The van der Waals surface area contributed by atoms with Crippen LogP contribution in [0.15, 0.2) is 60.8 Å². The van der Waals surface area contributed by atoms with Crippen LogP contribution < -0.4 is 5.32 Å². The van der Waals surface area contributed by atoms with Crippen LogP contribution in [-0.2, 0) is 28.5 Å². The maximum Gasteiger partial charge on any atom is 0.418 e. The Balaban J connectivity index is 1.77. The highest BCUT2D eigenvalue weighted by atomic mass is 19.4. The van der Waals surface area contributed by atoms with Crippen LogP contribution in [0.1, 0.15) is 23.7 Å². The zero-order chi connectivity index (χ0) is 26.8. The van der Waals surface area contributed by atoms with Gasteiger partial charge in [0.25, 0.3) is 0 Å². The van der Waals surface area contributed by atoms with Gasteiger partial charge in [-0.3, -0.25) is 9.78 Å². The predicted molar refractivity (Wildman–Crippen MR) is 123 cm³/mol. The van der Waals surface area contributed by atoms with Crippen LogP contribution in [0.4, 0.5) is 37.7 Å². The van der Waals surface area contributed by atoms with Gasteiger partial charge in [-0.1, -0.05) is 0 Å². The topological polar surface area (TPSA) is 77.0 Å². The number of anilines is 2. The Hall–Kier alpha value is -4.06. The van der Waals surface area contributed by atoms with Gasteiger partial charge in [0.05, 0.1) is 34.8 Å². The molecule has 3 aromatic heterocycles. The molecule has 0 amide bonds. The molecule has 0 radical (unpaired) electrons. The lowest BCUT2D eigenvalue weighted by molar-refractivity contribution is -0.138. The lowest BCUT2D eigenvalue weighted by Crippen LogP contribution is -2.09. The van der Waals surface area contributed by atoms with E-state index in [4.69, 9.17) is 4.74 Å². The minimum absolute atomic E-state index is 0.0506. The van der Waals surface area contributed by atoms with Gasteiger partial charge in [0, 0.05) is 17.3 Å². The second kappa shape index (κ2) is 10.1. The van der Waals surface area contributed by atoms with Crippen molar-refractivity contribution in [3.05, 3.63) is 77.6 Å². The first-order valence-electron chi connectivity index (χ1n) is 10.8. The van der Waals surface area contributed by atoms with Crippen molar-refractivity contribution in [1.82, 2.24) is 15.0 Å². The minimum atomic E-state index is -4.66. The van der Waals surface area contributed by atoms with Crippen molar-refractivity contribution in [2.75, 3.05) is 11.9 Å². The van der Waals surface area contributed by atoms with Crippen molar-refractivity contribution in [1.29, 1.82) is 0 Å². The van der Waals surface area contributed by atoms with Gasteiger partial charge in [-0.25, -0.2) is 9.97 Å². The number of pyridine rings is 3. The molecule has 0 spiro atoms. The highest BCUT2D eigenvalue weighted by Gasteiger charge is 2.34. The maximum absolute atomic E-state index is 13.5. The third kappa shape index (κ3) is 6.20. The molecule has 6 nitrogen and oxygen atoms in total. The molecule has 0 bridgehead atoms. The Labute approximate surface area is 206 Å². The van der Waals surface area contributed by atoms with Gasteiger partial charge < -0.3 is 10.1 Å². The van der Waals surface area contributed by atoms with E-state index < -0.39 is 23.5 Å². The molecule has 0 atom stereocenters. The number of aromatic nitrogens is 3. The van der Waals surface area contributed by atoms with Gasteiger partial charge in [0.1, 0.15) is 12.3 Å². The van der Waals surface area contributed by atoms with E-state index in [9.17, 15) is 31.1 Å². The number of ketones is 1. The summed E-state index contributed by atoms with van der Waals surface area (Å²) in [6.45, 7) is 1.04. The maximum atomic E-state index is 13.5. The van der Waals surface area contributed by atoms with Gasteiger partial charge in [0.2, 0.25) is 0 Å². The summed E-state index contributed by atoms with van der Waals surface area (Å²) in [5.41, 5.74) is -1.19. The molecular weight excluding hydrogens is 502 g/mol. The minimum Gasteiger partial charge on any atom is -0.367 e. The standard InChI is InChI=1S/C25H18F6N4O2/c1-14(36)12-37-13-17-11-21(33-16-6-4-15(5-7-16)24(26,27)28)18-8-9-20(35-23(18)34-17)22-19(25(29,30)31)3-2-10-32-22/h2-11H,12-13H2,1H3,(H,33,34,35). The number of halogens is 6. The molecule has 37 heavy (non-hydrogen) atoms. The number of benzene rings is 1. The lowest BCUT2D eigenvalue weighted by Gasteiger charge is -2.15. The van der Waals surface area contributed by atoms with Crippen molar-refractivity contribution in [3.8, 4) is 11.4 Å². The van der Waals surface area contributed by atoms with Gasteiger partial charge in [-0.15, -0.1) is 0 Å². The number of ether oxygens (including phenoxy) is 1. The smallest absolute Gasteiger partial charge is 0.367 e. The molecule has 4 aromatic rings. The second-order valence-electron chi connectivity index (χ2n) is 8.02. The summed E-state index contributed by atoms with van der Waals surface area (Å²) >= 11 is 0. The van der Waals surface area contributed by atoms with E-state index in [2.05, 4.69) is 20.3 Å². The van der Waals surface area contributed by atoms with E-state index in [1.807, 2.05) is 0 Å². The quantitative estimate of drug-likeness (QED) is 0.278. The largest absolute Gasteiger partial charge is 0.418 e. The van der Waals surface area contributed by atoms with Gasteiger partial charge in [-0.05, 0) is 61.5 Å². The average molecular weight is 520 g/mol. The molecule has 0 fully saturated rings. The van der Waals surface area contributed by atoms with E-state index in [1.54, 1.807) is 6.07 Å². The molecule has 0 unspecified atom stereocenters. The van der Waals surface area contributed by atoms with Crippen molar-refractivity contribution >= 4 is 28.2 Å². The van der Waals surface area contributed by atoms with E-state index in [-0.39, 0.29) is 36.0 Å². The fourth-order valence-electron chi connectivity index (χ4n) is 3.50. The lowest BCUT2D eigenvalue weighted by atomic mass is 10.1. The first kappa shape index (κ1) is 26.0. The molecule has 0 aliphatic carbocycles. The van der Waals surface area contributed by atoms with Crippen LogP contribution in [0.5, 0.6) is 0 Å². The number of fused-ring (bicyclic) bond motifs is 1. The molecule has 3 heterocycles. The number of Topliss-reactive ketones (excluding diaryl/α,β-unsaturated/α-hetero) is 1. The zero-order valence-corrected chi connectivity index (χ0v) is 19.1. The third-order valence-electron chi connectivity index (χ3n) is 5.13. The van der Waals surface area contributed by atoms with E-state index >= 15 is 0 Å². The first-order chi connectivity index (χ1) is 17.4. The summed E-state index contributed by atoms with van der Waals surface area (Å²) in [5, 5.41) is 3.39. The molecule has 0 saturated heterocycles. The highest BCUT2D eigenvalue weighted by molar-refractivity contribution is 5.92. The number of hydrogen-bond donors (Lipinski definition) is 1. The number of hydrogen-bond acceptors (Lipinski definition) is 6. The molecule has 0 aliphatic heterocycles. The average Bonchev–Trinajstić information content (AvgIpc) is 2.83. The summed E-state index contributed by atoms with van der Waals surface area (Å²) in [5.74, 6) is -0.223. The fourth-order valence-corrected chi connectivity index (χ4v) is 3.50. The van der Waals surface area contributed by atoms with Crippen LogP contribution in [0.25, 0.3) is 22.4 Å². The van der Waals surface area contributed by atoms with Crippen LogP contribution in [0.3, 0.4) is 0 Å². The molecule has 192 valence electrons. The highest BCUT2D eigenvalue weighted by Crippen LogP contribution is 2.36. The summed E-state index contributed by atoms with van der Waals surface area (Å²) in [6.07, 6.45) is -7.94. The summed E-state index contributed by atoms with van der Waals surface area (Å²) in [4.78, 5) is 23.7. The Morgan fingerprint density at radius 1 is 0.946 bits per heavy atom. The zero-order valence-electron chi connectivity index (χ0n) is 19.1. The Morgan fingerprint density at radius 3 is 2.32 bits per heavy atom. The number of nitrogens with zero attached hydrogens (tertiary/aromatic N) is 3. The van der Waals surface area contributed by atoms with Gasteiger partial charge in [-0.2, -0.15) is 26.3 Å². The molecule has 1 aromatic carbocycles. The van der Waals surface area contributed by atoms with E-state index in [1.165, 1.54) is 43.5 Å². The van der Waals surface area contributed by atoms with Crippen molar-refractivity contribution < 1.29 is 35.9 Å². The SMILES string of the molecule is CC(=O)COCc1cc(Nc2ccc(C(F)(F)F)cc2)c2ccc(-c3ncccc3C(F)(F)F)nc2n1. The first-order valence-corrected chi connectivity index (χ1v) is 10.8. The normalized spacial score (nSPS) is 12.1. The summed E-state index contributed by atoms with van der Waals surface area (Å²) in [6, 6.07) is 10.8. The molecule has 0 saturated carbocycles. The van der Waals surface area contributed by atoms with Crippen LogP contribution in [0.2, 0.25) is 0 Å². The molecule has 0 aliphatic rings. The molecule has 4 rings (SSSR count). The van der Waals surface area contributed by atoms with Crippen LogP contribution in [0, 0.1) is 0 Å². The monoisotopic (exact) mass is 520 g/mol. The third-order valence-corrected chi connectivity index (χ3v) is 5.13. The Bertz CT molecular complexity index is 1440. The van der Waals surface area contributed by atoms with Gasteiger partial charge >= 0.3 is 12.4 Å². The number of nitrogens with one attached hydrogen (secondary N) is 1. The van der Waals surface area contributed by atoms with Crippen molar-refractivity contribution in [2.24, 2.45) is 0 Å². The molecule has 12 heteroatoms. The number of rotatable bonds is 7. The van der Waals surface area contributed by atoms with E-state index in [0.29, 0.717) is 22.5 Å². The van der Waals surface area contributed by atoms with Crippen molar-refractivity contribution in [3.63, 3.8) is 0 Å². The fraction of sp³-hybridized carbons (Fsp3) is 0.200. The summed E-state index contributed by atoms with van der Waals surface area (Å²) < 4.78 is 84.6. The summed E-state index contributed by atoms with van der Waals surface area (Å²) in [7, 11) is 0.